The van der Waals surface area contributed by atoms with E-state index < -0.39 is 12.3 Å². The first-order chi connectivity index (χ1) is 20.1. The van der Waals surface area contributed by atoms with E-state index in [-0.39, 0.29) is 50.6 Å². The summed E-state index contributed by atoms with van der Waals surface area (Å²) in [6.07, 6.45) is 2.25. The van der Waals surface area contributed by atoms with Crippen molar-refractivity contribution in [3.05, 3.63) is 51.4 Å². The number of alkyl halides is 2. The van der Waals surface area contributed by atoms with E-state index in [1.165, 1.54) is 12.1 Å². The van der Waals surface area contributed by atoms with Crippen LogP contribution in [0.4, 0.5) is 14.7 Å². The molecule has 1 saturated heterocycles. The molecule has 0 saturated carbocycles. The lowest BCUT2D eigenvalue weighted by Gasteiger charge is -2.26. The Balaban J connectivity index is 1.66. The normalized spacial score (nSPS) is 16.2. The van der Waals surface area contributed by atoms with Gasteiger partial charge in [-0.1, -0.05) is 47.6 Å². The van der Waals surface area contributed by atoms with Crippen molar-refractivity contribution in [1.29, 1.82) is 5.26 Å². The number of rotatable bonds is 9. The maximum absolute atomic E-state index is 13.4. The summed E-state index contributed by atoms with van der Waals surface area (Å²) < 4.78 is 28.1. The van der Waals surface area contributed by atoms with Crippen molar-refractivity contribution in [2.45, 2.75) is 79.9 Å². The van der Waals surface area contributed by atoms with E-state index in [2.05, 4.69) is 47.4 Å². The molecule has 0 aliphatic carbocycles. The highest BCUT2D eigenvalue weighted by Crippen LogP contribution is 2.30. The predicted octanol–water partition coefficient (Wildman–Crippen LogP) is 6.31. The van der Waals surface area contributed by atoms with Gasteiger partial charge in [-0.15, -0.1) is 11.3 Å². The molecule has 3 aromatic heterocycles. The third-order valence-corrected chi connectivity index (χ3v) is 7.97. The van der Waals surface area contributed by atoms with E-state index in [1.54, 1.807) is 21.7 Å². The van der Waals surface area contributed by atoms with Gasteiger partial charge < -0.3 is 10.2 Å². The zero-order valence-corrected chi connectivity index (χ0v) is 26.3. The smallest absolute Gasteiger partial charge is 0.272 e. The topological polar surface area (TPSA) is 116 Å². The van der Waals surface area contributed by atoms with Gasteiger partial charge in [-0.3, -0.25) is 19.5 Å². The number of nitrogens with zero attached hydrogens (tertiary/aromatic N) is 5. The molecule has 43 heavy (non-hydrogen) atoms. The first kappa shape index (κ1) is 32.2. The first-order valence-electron chi connectivity index (χ1n) is 14.3. The average Bonchev–Trinajstić information content (AvgIpc) is 3.65. The molecule has 3 aromatic rings. The number of nitriles is 1. The maximum atomic E-state index is 13.4. The number of hydrogen-bond acceptors (Lipinski definition) is 7. The molecule has 0 spiro atoms. The summed E-state index contributed by atoms with van der Waals surface area (Å²) in [5, 5.41) is 15.9. The number of carbonyl (C=O) groups is 2. The van der Waals surface area contributed by atoms with Crippen LogP contribution in [0.25, 0.3) is 11.2 Å². The molecule has 9 nitrogen and oxygen atoms in total. The van der Waals surface area contributed by atoms with E-state index in [0.717, 1.165) is 29.9 Å². The minimum absolute atomic E-state index is 0.0986. The summed E-state index contributed by atoms with van der Waals surface area (Å²) in [4.78, 5) is 37.6. The molecular weight excluding hydrogens is 572 g/mol. The number of thiophene rings is 1. The first-order valence-corrected chi connectivity index (χ1v) is 15.2. The Hall–Kier alpha value is -3.69. The quantitative estimate of drug-likeness (QED) is 0.217. The summed E-state index contributed by atoms with van der Waals surface area (Å²) in [7, 11) is 0. The number of hydrogen-bond donors (Lipinski definition) is 2. The van der Waals surface area contributed by atoms with E-state index in [0.29, 0.717) is 30.7 Å². The van der Waals surface area contributed by atoms with Crippen LogP contribution < -0.4 is 10.6 Å². The van der Waals surface area contributed by atoms with Crippen LogP contribution in [0.3, 0.4) is 0 Å². The van der Waals surface area contributed by atoms with Crippen molar-refractivity contribution >= 4 is 40.3 Å². The molecule has 0 radical (unpaired) electrons. The van der Waals surface area contributed by atoms with Gasteiger partial charge in [0.2, 0.25) is 5.95 Å². The van der Waals surface area contributed by atoms with Crippen LogP contribution in [0.5, 0.6) is 0 Å². The van der Waals surface area contributed by atoms with Crippen molar-refractivity contribution in [2.75, 3.05) is 18.4 Å². The Labute approximate surface area is 255 Å². The molecule has 0 aromatic carbocycles. The Morgan fingerprint density at radius 2 is 1.98 bits per heavy atom. The number of allylic oxidation sites excluding steroid dienone is 1. The molecular formula is C31H39F2N7O2S. The molecule has 4 rings (SSSR count). The summed E-state index contributed by atoms with van der Waals surface area (Å²) in [6, 6.07) is 6.32. The Morgan fingerprint density at radius 3 is 2.60 bits per heavy atom. The van der Waals surface area contributed by atoms with Crippen LogP contribution in [0.15, 0.2) is 36.0 Å². The maximum Gasteiger partial charge on any atom is 0.272 e. The van der Waals surface area contributed by atoms with Gasteiger partial charge in [0.05, 0.1) is 15.8 Å². The Bertz CT molecular complexity index is 1560. The van der Waals surface area contributed by atoms with E-state index >= 15 is 0 Å². The number of carbonyl (C=O) groups excluding carboxylic acids is 2. The van der Waals surface area contributed by atoms with E-state index in [1.807, 2.05) is 26.8 Å². The van der Waals surface area contributed by atoms with E-state index in [9.17, 15) is 23.6 Å². The van der Waals surface area contributed by atoms with Crippen LogP contribution in [0.2, 0.25) is 0 Å². The van der Waals surface area contributed by atoms with Crippen molar-refractivity contribution in [2.24, 2.45) is 10.8 Å². The van der Waals surface area contributed by atoms with Crippen molar-refractivity contribution in [3.63, 3.8) is 0 Å². The highest BCUT2D eigenvalue weighted by Gasteiger charge is 2.33. The van der Waals surface area contributed by atoms with Gasteiger partial charge >= 0.3 is 0 Å². The summed E-state index contributed by atoms with van der Waals surface area (Å²) in [5.41, 5.74) is 1.87. The molecule has 0 bridgehead atoms. The lowest BCUT2D eigenvalue weighted by molar-refractivity contribution is -0.127. The van der Waals surface area contributed by atoms with Crippen molar-refractivity contribution in [1.82, 2.24) is 24.8 Å². The number of fused-ring (bicyclic) bond motifs is 1. The van der Waals surface area contributed by atoms with Gasteiger partial charge in [-0.2, -0.15) is 5.26 Å². The van der Waals surface area contributed by atoms with Crippen LogP contribution in [-0.2, 0) is 17.9 Å². The largest absolute Gasteiger partial charge is 0.333 e. The zero-order chi connectivity index (χ0) is 31.5. The molecule has 4 heterocycles. The molecule has 2 amide bonds. The summed E-state index contributed by atoms with van der Waals surface area (Å²) in [5.74, 6) is -0.669. The number of halogens is 2. The standard InChI is InChI=1S/C31H39F2N7O2S/c1-30(2,3)13-20(14-34)28(42)39-11-7-8-21(39)17-40-26-22(12-19(16-36-26)15-35-18-31(4,5)6)37-29(40)38-27(41)24-10-9-23(43-24)25(32)33/h9-10,12-13,16,21,25,35H,7-8,11,15,17-18H2,1-6H3,(H,37,38,41)/t21-/m1/s1. The van der Waals surface area contributed by atoms with Crippen LogP contribution in [0, 0.1) is 22.2 Å². The minimum atomic E-state index is -2.66. The number of pyridine rings is 1. The molecule has 2 N–H and O–H groups in total. The molecule has 1 fully saturated rings. The van der Waals surface area contributed by atoms with Crippen molar-refractivity contribution in [3.8, 4) is 6.07 Å². The molecule has 12 heteroatoms. The van der Waals surface area contributed by atoms with Crippen LogP contribution in [0.1, 0.15) is 80.9 Å². The van der Waals surface area contributed by atoms with Crippen LogP contribution in [-0.4, -0.2) is 50.4 Å². The second-order valence-electron chi connectivity index (χ2n) is 13.2. The third kappa shape index (κ3) is 8.24. The fourth-order valence-electron chi connectivity index (χ4n) is 4.99. The molecule has 1 aliphatic heterocycles. The second kappa shape index (κ2) is 12.9. The van der Waals surface area contributed by atoms with Crippen molar-refractivity contribution < 1.29 is 18.4 Å². The number of imidazole rings is 1. The van der Waals surface area contributed by atoms with E-state index in [4.69, 9.17) is 0 Å². The van der Waals surface area contributed by atoms with Gasteiger partial charge in [0.1, 0.15) is 17.2 Å². The van der Waals surface area contributed by atoms with Gasteiger partial charge in [0.25, 0.3) is 18.2 Å². The van der Waals surface area contributed by atoms with Gasteiger partial charge in [-0.25, -0.2) is 18.7 Å². The monoisotopic (exact) mass is 611 g/mol. The fourth-order valence-corrected chi connectivity index (χ4v) is 5.75. The average molecular weight is 612 g/mol. The Morgan fingerprint density at radius 1 is 1.23 bits per heavy atom. The molecule has 1 aliphatic rings. The number of anilines is 1. The fraction of sp³-hybridized carbons (Fsp3) is 0.516. The highest BCUT2D eigenvalue weighted by molar-refractivity contribution is 7.14. The predicted molar refractivity (Wildman–Crippen MR) is 164 cm³/mol. The minimum Gasteiger partial charge on any atom is -0.333 e. The number of amides is 2. The Kier molecular flexibility index (Phi) is 9.66. The SMILES string of the molecule is CC(C)(C)C=C(C#N)C(=O)N1CCC[C@@H]1Cn1c(NC(=O)c2ccc(C(F)F)s2)nc2cc(CNCC(C)(C)C)cnc21. The zero-order valence-electron chi connectivity index (χ0n) is 25.5. The lowest BCUT2D eigenvalue weighted by atomic mass is 9.93. The number of nitrogens with one attached hydrogen (secondary N) is 2. The summed E-state index contributed by atoms with van der Waals surface area (Å²) >= 11 is 0.729. The second-order valence-corrected chi connectivity index (χ2v) is 14.3. The van der Waals surface area contributed by atoms with Crippen LogP contribution >= 0.6 is 11.3 Å². The summed E-state index contributed by atoms with van der Waals surface area (Å²) in [6.45, 7) is 14.4. The highest BCUT2D eigenvalue weighted by atomic mass is 32.1. The molecule has 1 atom stereocenters. The third-order valence-electron chi connectivity index (χ3n) is 6.88. The molecule has 230 valence electrons. The van der Waals surface area contributed by atoms with Gasteiger partial charge in [-0.05, 0) is 47.4 Å². The lowest BCUT2D eigenvalue weighted by Crippen LogP contribution is -2.39. The van der Waals surface area contributed by atoms with Gasteiger partial charge in [0.15, 0.2) is 5.65 Å². The number of aromatic nitrogens is 3. The molecule has 0 unspecified atom stereocenters. The number of likely N-dealkylation sites (tertiary alicyclic amines) is 1. The van der Waals surface area contributed by atoms with Gasteiger partial charge in [0, 0.05) is 32.4 Å².